The van der Waals surface area contributed by atoms with Crippen LogP contribution in [0.25, 0.3) is 0 Å². The molecule has 1 aromatic rings. The maximum absolute atomic E-state index is 12.5. The number of hydrogen-bond acceptors (Lipinski definition) is 3. The van der Waals surface area contributed by atoms with Crippen molar-refractivity contribution in [2.75, 3.05) is 19.3 Å². The molecule has 23 heavy (non-hydrogen) atoms. The Morgan fingerprint density at radius 3 is 2.26 bits per heavy atom. The number of rotatable bonds is 4. The van der Waals surface area contributed by atoms with Crippen LogP contribution in [0.3, 0.4) is 0 Å². The van der Waals surface area contributed by atoms with E-state index in [1.807, 2.05) is 19.9 Å². The average molecular weight is 341 g/mol. The van der Waals surface area contributed by atoms with E-state index in [1.54, 1.807) is 0 Å². The zero-order valence-electron chi connectivity index (χ0n) is 14.6. The molecule has 0 spiro atoms. The molecule has 0 aromatic carbocycles. The van der Waals surface area contributed by atoms with E-state index in [9.17, 15) is 13.2 Å². The molecule has 0 aliphatic carbocycles. The molecule has 2 rings (SSSR count). The number of sulfonamides is 1. The maximum atomic E-state index is 12.5. The van der Waals surface area contributed by atoms with Gasteiger partial charge in [0.25, 0.3) is 5.91 Å². The molecule has 6 nitrogen and oxygen atoms in total. The number of piperidine rings is 1. The Morgan fingerprint density at radius 2 is 1.83 bits per heavy atom. The van der Waals surface area contributed by atoms with Gasteiger partial charge in [-0.05, 0) is 46.6 Å². The lowest BCUT2D eigenvalue weighted by molar-refractivity contribution is 0.0923. The van der Waals surface area contributed by atoms with E-state index in [0.29, 0.717) is 37.5 Å². The molecule has 1 aromatic heterocycles. The van der Waals surface area contributed by atoms with Crippen LogP contribution in [0.2, 0.25) is 0 Å². The zero-order valence-corrected chi connectivity index (χ0v) is 15.4. The number of amides is 1. The number of aromatic nitrogens is 1. The molecule has 0 saturated carbocycles. The molecule has 0 radical (unpaired) electrons. The minimum Gasteiger partial charge on any atom is -0.349 e. The van der Waals surface area contributed by atoms with Gasteiger partial charge in [-0.2, -0.15) is 0 Å². The van der Waals surface area contributed by atoms with Gasteiger partial charge in [-0.3, -0.25) is 4.79 Å². The van der Waals surface area contributed by atoms with Crippen molar-refractivity contribution >= 4 is 15.9 Å². The molecule has 7 heteroatoms. The lowest BCUT2D eigenvalue weighted by Gasteiger charge is -2.30. The van der Waals surface area contributed by atoms with Crippen LogP contribution in [0.15, 0.2) is 6.07 Å². The predicted molar refractivity (Wildman–Crippen MR) is 91.2 cm³/mol. The summed E-state index contributed by atoms with van der Waals surface area (Å²) in [6.45, 7) is 9.11. The zero-order chi connectivity index (χ0) is 17.4. The van der Waals surface area contributed by atoms with Gasteiger partial charge < -0.3 is 9.88 Å². The highest BCUT2D eigenvalue weighted by atomic mass is 32.2. The summed E-state index contributed by atoms with van der Waals surface area (Å²) in [4.78, 5) is 12.5. The van der Waals surface area contributed by atoms with Gasteiger partial charge in [-0.25, -0.2) is 12.7 Å². The predicted octanol–water partition coefficient (Wildman–Crippen LogP) is 1.84. The van der Waals surface area contributed by atoms with E-state index in [2.05, 4.69) is 23.7 Å². The molecule has 2 heterocycles. The van der Waals surface area contributed by atoms with E-state index in [-0.39, 0.29) is 11.9 Å². The third kappa shape index (κ3) is 3.95. The molecule has 1 saturated heterocycles. The molecule has 1 N–H and O–H groups in total. The molecule has 1 fully saturated rings. The first-order valence-electron chi connectivity index (χ1n) is 8.05. The van der Waals surface area contributed by atoms with Crippen molar-refractivity contribution in [3.8, 4) is 0 Å². The summed E-state index contributed by atoms with van der Waals surface area (Å²) >= 11 is 0. The van der Waals surface area contributed by atoms with Crippen molar-refractivity contribution in [2.24, 2.45) is 0 Å². The molecule has 130 valence electrons. The van der Waals surface area contributed by atoms with E-state index in [1.165, 1.54) is 10.6 Å². The van der Waals surface area contributed by atoms with Crippen molar-refractivity contribution in [3.05, 3.63) is 23.0 Å². The first kappa shape index (κ1) is 18.0. The van der Waals surface area contributed by atoms with Crippen molar-refractivity contribution in [1.82, 2.24) is 14.2 Å². The van der Waals surface area contributed by atoms with Gasteiger partial charge in [-0.15, -0.1) is 0 Å². The minimum absolute atomic E-state index is 0.0302. The van der Waals surface area contributed by atoms with Gasteiger partial charge in [0.2, 0.25) is 10.0 Å². The Kier molecular flexibility index (Phi) is 5.20. The summed E-state index contributed by atoms with van der Waals surface area (Å²) in [5, 5.41) is 3.05. The van der Waals surface area contributed by atoms with Crippen LogP contribution < -0.4 is 5.32 Å². The number of carbonyl (C=O) groups excluding carboxylic acids is 1. The third-order valence-electron chi connectivity index (χ3n) is 4.50. The second kappa shape index (κ2) is 6.65. The largest absolute Gasteiger partial charge is 0.349 e. The fourth-order valence-corrected chi connectivity index (χ4v) is 4.27. The standard InChI is InChI=1S/C16H27N3O3S/c1-11(2)19-12(3)10-15(13(19)4)16(20)17-14-6-8-18(9-7-14)23(5,21)22/h10-11,14H,6-9H2,1-5H3,(H,17,20). The molecular weight excluding hydrogens is 314 g/mol. The Labute approximate surface area is 138 Å². The second-order valence-electron chi connectivity index (χ2n) is 6.66. The van der Waals surface area contributed by atoms with E-state index < -0.39 is 10.0 Å². The third-order valence-corrected chi connectivity index (χ3v) is 5.81. The van der Waals surface area contributed by atoms with Crippen molar-refractivity contribution < 1.29 is 13.2 Å². The molecular formula is C16H27N3O3S. The van der Waals surface area contributed by atoms with Crippen LogP contribution in [0, 0.1) is 13.8 Å². The molecule has 0 atom stereocenters. The fourth-order valence-electron chi connectivity index (χ4n) is 3.40. The summed E-state index contributed by atoms with van der Waals surface area (Å²) in [6.07, 6.45) is 2.54. The Morgan fingerprint density at radius 1 is 1.26 bits per heavy atom. The van der Waals surface area contributed by atoms with Crippen molar-refractivity contribution in [2.45, 2.75) is 52.6 Å². The van der Waals surface area contributed by atoms with Crippen LogP contribution >= 0.6 is 0 Å². The number of carbonyl (C=O) groups is 1. The summed E-state index contributed by atoms with van der Waals surface area (Å²) in [5.74, 6) is -0.0668. The van der Waals surface area contributed by atoms with Crippen LogP contribution in [-0.2, 0) is 10.0 Å². The number of aryl methyl sites for hydroxylation is 1. The van der Waals surface area contributed by atoms with E-state index >= 15 is 0 Å². The smallest absolute Gasteiger partial charge is 0.253 e. The summed E-state index contributed by atoms with van der Waals surface area (Å²) in [7, 11) is -3.13. The fraction of sp³-hybridized carbons (Fsp3) is 0.688. The quantitative estimate of drug-likeness (QED) is 0.908. The molecule has 1 amide bonds. The Hall–Kier alpha value is -1.34. The Bertz CT molecular complexity index is 684. The molecule has 0 unspecified atom stereocenters. The van der Waals surface area contributed by atoms with E-state index in [0.717, 1.165) is 11.4 Å². The molecule has 1 aliphatic rings. The second-order valence-corrected chi connectivity index (χ2v) is 8.64. The monoisotopic (exact) mass is 341 g/mol. The molecule has 0 bridgehead atoms. The van der Waals surface area contributed by atoms with E-state index in [4.69, 9.17) is 0 Å². The normalized spacial score (nSPS) is 17.7. The van der Waals surface area contributed by atoms with Gasteiger partial charge >= 0.3 is 0 Å². The first-order valence-corrected chi connectivity index (χ1v) is 9.90. The lowest BCUT2D eigenvalue weighted by Crippen LogP contribution is -2.46. The molecule has 1 aliphatic heterocycles. The van der Waals surface area contributed by atoms with Gasteiger partial charge in [-0.1, -0.05) is 0 Å². The highest BCUT2D eigenvalue weighted by Gasteiger charge is 2.27. The van der Waals surface area contributed by atoms with Crippen LogP contribution in [0.4, 0.5) is 0 Å². The number of nitrogens with zero attached hydrogens (tertiary/aromatic N) is 2. The topological polar surface area (TPSA) is 71.4 Å². The van der Waals surface area contributed by atoms with Crippen LogP contribution in [0.5, 0.6) is 0 Å². The van der Waals surface area contributed by atoms with Crippen LogP contribution in [-0.4, -0.2) is 48.6 Å². The highest BCUT2D eigenvalue weighted by molar-refractivity contribution is 7.88. The van der Waals surface area contributed by atoms with Gasteiger partial charge in [0.05, 0.1) is 11.8 Å². The van der Waals surface area contributed by atoms with Gasteiger partial charge in [0, 0.05) is 36.6 Å². The van der Waals surface area contributed by atoms with Gasteiger partial charge in [0.1, 0.15) is 0 Å². The lowest BCUT2D eigenvalue weighted by atomic mass is 10.1. The number of hydrogen-bond donors (Lipinski definition) is 1. The van der Waals surface area contributed by atoms with Crippen molar-refractivity contribution in [1.29, 1.82) is 0 Å². The Balaban J connectivity index is 2.03. The van der Waals surface area contributed by atoms with Crippen molar-refractivity contribution in [3.63, 3.8) is 0 Å². The van der Waals surface area contributed by atoms with Crippen LogP contribution in [0.1, 0.15) is 54.5 Å². The number of nitrogens with one attached hydrogen (secondary N) is 1. The minimum atomic E-state index is -3.13. The summed E-state index contributed by atoms with van der Waals surface area (Å²) in [5.41, 5.74) is 2.76. The summed E-state index contributed by atoms with van der Waals surface area (Å²) < 4.78 is 26.7. The maximum Gasteiger partial charge on any atom is 0.253 e. The van der Waals surface area contributed by atoms with Gasteiger partial charge in [0.15, 0.2) is 0 Å². The summed E-state index contributed by atoms with van der Waals surface area (Å²) in [6, 6.07) is 2.27. The average Bonchev–Trinajstić information content (AvgIpc) is 2.73. The SMILES string of the molecule is Cc1cc(C(=O)NC2CCN(S(C)(=O)=O)CC2)c(C)n1C(C)C. The first-order chi connectivity index (χ1) is 10.6. The highest BCUT2D eigenvalue weighted by Crippen LogP contribution is 2.21.